The Morgan fingerprint density at radius 1 is 1.26 bits per heavy atom. The highest BCUT2D eigenvalue weighted by atomic mass is 16.5. The SMILES string of the molecule is OCC1CCN(c2cc([C@H]3CCOC3)ncn2)CC1. The van der Waals surface area contributed by atoms with Crippen molar-refractivity contribution in [2.45, 2.75) is 25.2 Å². The molecule has 2 aliphatic heterocycles. The first kappa shape index (κ1) is 12.8. The Morgan fingerprint density at radius 2 is 2.11 bits per heavy atom. The lowest BCUT2D eigenvalue weighted by Crippen LogP contribution is -2.35. The number of piperidine rings is 1. The summed E-state index contributed by atoms with van der Waals surface area (Å²) < 4.78 is 5.42. The molecule has 2 aliphatic rings. The third-order valence-electron chi connectivity index (χ3n) is 4.22. The van der Waals surface area contributed by atoms with E-state index in [4.69, 9.17) is 4.74 Å². The standard InChI is InChI=1S/C14H21N3O2/c18-8-11-1-4-17(5-2-11)14-7-13(15-10-16-14)12-3-6-19-9-12/h7,10-12,18H,1-6,8-9H2/t12-/m0/s1. The van der Waals surface area contributed by atoms with Crippen molar-refractivity contribution in [1.82, 2.24) is 9.97 Å². The summed E-state index contributed by atoms with van der Waals surface area (Å²) >= 11 is 0. The highest BCUT2D eigenvalue weighted by Gasteiger charge is 2.22. The second kappa shape index (κ2) is 5.84. The molecule has 3 rings (SSSR count). The number of nitrogens with zero attached hydrogens (tertiary/aromatic N) is 3. The van der Waals surface area contributed by atoms with Gasteiger partial charge in [0, 0.05) is 38.3 Å². The molecule has 0 unspecified atom stereocenters. The first-order valence-electron chi connectivity index (χ1n) is 7.12. The molecule has 0 aromatic carbocycles. The first-order chi connectivity index (χ1) is 9.36. The number of aliphatic hydroxyl groups is 1. The Labute approximate surface area is 113 Å². The summed E-state index contributed by atoms with van der Waals surface area (Å²) in [6.07, 6.45) is 4.81. The molecule has 1 aromatic rings. The molecular formula is C14H21N3O2. The van der Waals surface area contributed by atoms with Crippen LogP contribution in [0.25, 0.3) is 0 Å². The van der Waals surface area contributed by atoms with Crippen molar-refractivity contribution in [1.29, 1.82) is 0 Å². The Morgan fingerprint density at radius 3 is 2.79 bits per heavy atom. The van der Waals surface area contributed by atoms with Gasteiger partial charge in [0.05, 0.1) is 12.3 Å². The quantitative estimate of drug-likeness (QED) is 0.887. The minimum Gasteiger partial charge on any atom is -0.396 e. The molecular weight excluding hydrogens is 242 g/mol. The average Bonchev–Trinajstić information content (AvgIpc) is 3.02. The summed E-state index contributed by atoms with van der Waals surface area (Å²) in [7, 11) is 0. The minimum atomic E-state index is 0.308. The van der Waals surface area contributed by atoms with E-state index in [0.717, 1.165) is 57.1 Å². The number of hydrogen-bond acceptors (Lipinski definition) is 5. The molecule has 104 valence electrons. The zero-order valence-electron chi connectivity index (χ0n) is 11.2. The lowest BCUT2D eigenvalue weighted by Gasteiger charge is -2.32. The predicted octanol–water partition coefficient (Wildman–Crippen LogP) is 1.19. The molecule has 5 heteroatoms. The zero-order valence-corrected chi connectivity index (χ0v) is 11.2. The lowest BCUT2D eigenvalue weighted by molar-refractivity contribution is 0.193. The topological polar surface area (TPSA) is 58.5 Å². The summed E-state index contributed by atoms with van der Waals surface area (Å²) in [5, 5.41) is 9.18. The third kappa shape index (κ3) is 2.87. The van der Waals surface area contributed by atoms with Crippen LogP contribution < -0.4 is 4.90 Å². The molecule has 19 heavy (non-hydrogen) atoms. The van der Waals surface area contributed by atoms with Gasteiger partial charge in [0.15, 0.2) is 0 Å². The van der Waals surface area contributed by atoms with Crippen molar-refractivity contribution in [3.63, 3.8) is 0 Å². The van der Waals surface area contributed by atoms with Crippen molar-refractivity contribution in [2.75, 3.05) is 37.8 Å². The normalized spacial score (nSPS) is 24.9. The number of anilines is 1. The maximum absolute atomic E-state index is 9.18. The van der Waals surface area contributed by atoms with Gasteiger partial charge in [-0.3, -0.25) is 0 Å². The van der Waals surface area contributed by atoms with Gasteiger partial charge in [-0.25, -0.2) is 9.97 Å². The van der Waals surface area contributed by atoms with Gasteiger partial charge in [0.1, 0.15) is 12.1 Å². The van der Waals surface area contributed by atoms with E-state index in [0.29, 0.717) is 18.4 Å². The van der Waals surface area contributed by atoms with Gasteiger partial charge >= 0.3 is 0 Å². The molecule has 1 N–H and O–H groups in total. The maximum atomic E-state index is 9.18. The number of ether oxygens (including phenoxy) is 1. The molecule has 0 saturated carbocycles. The summed E-state index contributed by atoms with van der Waals surface area (Å²) in [6, 6.07) is 2.11. The largest absolute Gasteiger partial charge is 0.396 e. The fraction of sp³-hybridized carbons (Fsp3) is 0.714. The predicted molar refractivity (Wildman–Crippen MR) is 72.2 cm³/mol. The van der Waals surface area contributed by atoms with Gasteiger partial charge in [-0.2, -0.15) is 0 Å². The van der Waals surface area contributed by atoms with Gasteiger partial charge in [0.2, 0.25) is 0 Å². The maximum Gasteiger partial charge on any atom is 0.132 e. The van der Waals surface area contributed by atoms with Crippen LogP contribution in [0.3, 0.4) is 0 Å². The van der Waals surface area contributed by atoms with Crippen LogP contribution in [0.2, 0.25) is 0 Å². The van der Waals surface area contributed by atoms with E-state index < -0.39 is 0 Å². The molecule has 1 atom stereocenters. The first-order valence-corrected chi connectivity index (χ1v) is 7.12. The second-order valence-corrected chi connectivity index (χ2v) is 5.47. The van der Waals surface area contributed by atoms with Crippen LogP contribution in [0.4, 0.5) is 5.82 Å². The Balaban J connectivity index is 1.69. The van der Waals surface area contributed by atoms with Gasteiger partial charge < -0.3 is 14.7 Å². The van der Waals surface area contributed by atoms with Crippen LogP contribution in [0.15, 0.2) is 12.4 Å². The highest BCUT2D eigenvalue weighted by molar-refractivity contribution is 5.40. The van der Waals surface area contributed by atoms with Gasteiger partial charge in [-0.05, 0) is 25.2 Å². The van der Waals surface area contributed by atoms with Gasteiger partial charge in [0.25, 0.3) is 0 Å². The van der Waals surface area contributed by atoms with E-state index in [1.165, 1.54) is 0 Å². The van der Waals surface area contributed by atoms with Gasteiger partial charge in [-0.1, -0.05) is 0 Å². The van der Waals surface area contributed by atoms with Crippen LogP contribution in [-0.2, 0) is 4.74 Å². The molecule has 0 bridgehead atoms. The van der Waals surface area contributed by atoms with Crippen molar-refractivity contribution in [2.24, 2.45) is 5.92 Å². The third-order valence-corrected chi connectivity index (χ3v) is 4.22. The summed E-state index contributed by atoms with van der Waals surface area (Å²) in [4.78, 5) is 11.1. The Hall–Kier alpha value is -1.20. The zero-order chi connectivity index (χ0) is 13.1. The van der Waals surface area contributed by atoms with Crippen LogP contribution >= 0.6 is 0 Å². The molecule has 0 amide bonds. The fourth-order valence-corrected chi connectivity index (χ4v) is 2.87. The summed E-state index contributed by atoms with van der Waals surface area (Å²) in [6.45, 7) is 3.88. The van der Waals surface area contributed by atoms with E-state index in [2.05, 4.69) is 20.9 Å². The molecule has 5 nitrogen and oxygen atoms in total. The smallest absolute Gasteiger partial charge is 0.132 e. The van der Waals surface area contributed by atoms with Gasteiger partial charge in [-0.15, -0.1) is 0 Å². The molecule has 1 aromatic heterocycles. The van der Waals surface area contributed by atoms with Crippen molar-refractivity contribution >= 4 is 5.82 Å². The van der Waals surface area contributed by atoms with Crippen LogP contribution in [-0.4, -0.2) is 48.0 Å². The Kier molecular flexibility index (Phi) is 3.94. The van der Waals surface area contributed by atoms with Crippen LogP contribution in [0.5, 0.6) is 0 Å². The van der Waals surface area contributed by atoms with E-state index >= 15 is 0 Å². The van der Waals surface area contributed by atoms with Crippen molar-refractivity contribution in [3.05, 3.63) is 18.1 Å². The highest BCUT2D eigenvalue weighted by Crippen LogP contribution is 2.27. The van der Waals surface area contributed by atoms with E-state index in [1.807, 2.05) is 0 Å². The lowest BCUT2D eigenvalue weighted by atomic mass is 9.98. The number of hydrogen-bond donors (Lipinski definition) is 1. The number of rotatable bonds is 3. The average molecular weight is 263 g/mol. The number of aromatic nitrogens is 2. The van der Waals surface area contributed by atoms with Crippen LogP contribution in [0.1, 0.15) is 30.9 Å². The second-order valence-electron chi connectivity index (χ2n) is 5.47. The summed E-state index contributed by atoms with van der Waals surface area (Å²) in [5.74, 6) is 1.91. The molecule has 0 radical (unpaired) electrons. The minimum absolute atomic E-state index is 0.308. The molecule has 3 heterocycles. The monoisotopic (exact) mass is 263 g/mol. The van der Waals surface area contributed by atoms with Crippen LogP contribution in [0, 0.1) is 5.92 Å². The van der Waals surface area contributed by atoms with E-state index in [1.54, 1.807) is 6.33 Å². The molecule has 0 spiro atoms. The Bertz CT molecular complexity index is 413. The van der Waals surface area contributed by atoms with E-state index in [-0.39, 0.29) is 0 Å². The summed E-state index contributed by atoms with van der Waals surface area (Å²) in [5.41, 5.74) is 1.10. The number of aliphatic hydroxyl groups excluding tert-OH is 1. The molecule has 2 fully saturated rings. The molecule has 0 aliphatic carbocycles. The van der Waals surface area contributed by atoms with Crippen molar-refractivity contribution < 1.29 is 9.84 Å². The molecule has 2 saturated heterocycles. The van der Waals surface area contributed by atoms with E-state index in [9.17, 15) is 5.11 Å². The fourth-order valence-electron chi connectivity index (χ4n) is 2.87. The van der Waals surface area contributed by atoms with Crippen molar-refractivity contribution in [3.8, 4) is 0 Å².